The van der Waals surface area contributed by atoms with Crippen LogP contribution in [0.2, 0.25) is 0 Å². The standard InChI is InChI=1S/C10H18O2.H3N/c1-5-7-12-10(11)9(6-2)8(3)4;/h5-7H2,1-4H3;1H3. The Labute approximate surface area is 80.7 Å². The zero-order chi connectivity index (χ0) is 9.56. The average molecular weight is 187 g/mol. The molecular formula is C10H21NO2. The van der Waals surface area contributed by atoms with Gasteiger partial charge < -0.3 is 10.9 Å². The molecule has 0 radical (unpaired) electrons. The quantitative estimate of drug-likeness (QED) is 0.543. The lowest BCUT2D eigenvalue weighted by Gasteiger charge is -2.06. The Hall–Kier alpha value is -0.830. The third kappa shape index (κ3) is 5.42. The van der Waals surface area contributed by atoms with Crippen molar-refractivity contribution in [2.45, 2.75) is 40.5 Å². The van der Waals surface area contributed by atoms with Gasteiger partial charge in [-0.05, 0) is 26.7 Å². The second-order valence-electron chi connectivity index (χ2n) is 2.97. The molecule has 0 unspecified atom stereocenters. The predicted molar refractivity (Wildman–Crippen MR) is 54.9 cm³/mol. The van der Waals surface area contributed by atoms with E-state index < -0.39 is 0 Å². The molecule has 0 spiro atoms. The highest BCUT2D eigenvalue weighted by atomic mass is 16.5. The molecule has 3 heteroatoms. The van der Waals surface area contributed by atoms with Gasteiger partial charge in [0, 0.05) is 5.57 Å². The monoisotopic (exact) mass is 187 g/mol. The van der Waals surface area contributed by atoms with Crippen molar-refractivity contribution in [3.8, 4) is 0 Å². The molecule has 0 amide bonds. The second kappa shape index (κ2) is 7.80. The summed E-state index contributed by atoms with van der Waals surface area (Å²) in [4.78, 5) is 11.3. The van der Waals surface area contributed by atoms with Crippen LogP contribution in [0.25, 0.3) is 0 Å². The fourth-order valence-corrected chi connectivity index (χ4v) is 0.984. The van der Waals surface area contributed by atoms with Crippen molar-refractivity contribution in [3.05, 3.63) is 11.1 Å². The number of hydrogen-bond donors (Lipinski definition) is 1. The molecule has 0 bridgehead atoms. The number of hydrogen-bond acceptors (Lipinski definition) is 3. The number of rotatable bonds is 4. The summed E-state index contributed by atoms with van der Waals surface area (Å²) in [5.41, 5.74) is 1.86. The minimum absolute atomic E-state index is 0. The van der Waals surface area contributed by atoms with Gasteiger partial charge in [0.25, 0.3) is 0 Å². The van der Waals surface area contributed by atoms with E-state index in [4.69, 9.17) is 4.74 Å². The number of esters is 1. The Morgan fingerprint density at radius 3 is 2.08 bits per heavy atom. The molecular weight excluding hydrogens is 166 g/mol. The van der Waals surface area contributed by atoms with Crippen LogP contribution in [-0.4, -0.2) is 12.6 Å². The van der Waals surface area contributed by atoms with E-state index in [9.17, 15) is 4.79 Å². The number of ether oxygens (including phenoxy) is 1. The maximum absolute atomic E-state index is 11.3. The van der Waals surface area contributed by atoms with Gasteiger partial charge in [-0.2, -0.15) is 0 Å². The number of carbonyl (C=O) groups is 1. The van der Waals surface area contributed by atoms with Gasteiger partial charge in [-0.15, -0.1) is 0 Å². The van der Waals surface area contributed by atoms with Gasteiger partial charge in [0.2, 0.25) is 0 Å². The molecule has 0 aliphatic rings. The van der Waals surface area contributed by atoms with Crippen molar-refractivity contribution in [2.75, 3.05) is 6.61 Å². The first-order valence-electron chi connectivity index (χ1n) is 4.46. The predicted octanol–water partition coefficient (Wildman–Crippen LogP) is 2.85. The van der Waals surface area contributed by atoms with E-state index >= 15 is 0 Å². The summed E-state index contributed by atoms with van der Waals surface area (Å²) in [5, 5.41) is 0. The molecule has 0 saturated heterocycles. The Morgan fingerprint density at radius 2 is 1.77 bits per heavy atom. The first-order valence-corrected chi connectivity index (χ1v) is 4.46. The Bertz CT molecular complexity index is 181. The van der Waals surface area contributed by atoms with Crippen molar-refractivity contribution in [1.29, 1.82) is 0 Å². The van der Waals surface area contributed by atoms with Crippen LogP contribution in [0.5, 0.6) is 0 Å². The van der Waals surface area contributed by atoms with Gasteiger partial charge >= 0.3 is 5.97 Å². The first-order chi connectivity index (χ1) is 5.63. The molecule has 3 nitrogen and oxygen atoms in total. The van der Waals surface area contributed by atoms with Gasteiger partial charge in [0.1, 0.15) is 0 Å². The molecule has 0 atom stereocenters. The molecule has 0 aliphatic heterocycles. The highest BCUT2D eigenvalue weighted by molar-refractivity contribution is 5.89. The minimum atomic E-state index is -0.153. The largest absolute Gasteiger partial charge is 0.462 e. The molecule has 13 heavy (non-hydrogen) atoms. The summed E-state index contributed by atoms with van der Waals surface area (Å²) in [5.74, 6) is -0.153. The maximum atomic E-state index is 11.3. The van der Waals surface area contributed by atoms with Gasteiger partial charge in [-0.25, -0.2) is 4.79 Å². The van der Waals surface area contributed by atoms with Crippen LogP contribution in [0.3, 0.4) is 0 Å². The van der Waals surface area contributed by atoms with Gasteiger partial charge in [0.05, 0.1) is 6.61 Å². The lowest BCUT2D eigenvalue weighted by Crippen LogP contribution is -2.09. The van der Waals surface area contributed by atoms with E-state index in [2.05, 4.69) is 0 Å². The summed E-state index contributed by atoms with van der Waals surface area (Å²) in [6, 6.07) is 0. The van der Waals surface area contributed by atoms with Crippen molar-refractivity contribution >= 4 is 5.97 Å². The minimum Gasteiger partial charge on any atom is -0.462 e. The van der Waals surface area contributed by atoms with E-state index in [1.165, 1.54) is 0 Å². The van der Waals surface area contributed by atoms with Crippen molar-refractivity contribution < 1.29 is 9.53 Å². The molecule has 0 aromatic carbocycles. The summed E-state index contributed by atoms with van der Waals surface area (Å²) in [6.45, 7) is 8.35. The third-order valence-corrected chi connectivity index (χ3v) is 1.64. The SMILES string of the molecule is CCCOC(=O)C(CC)=C(C)C.N. The van der Waals surface area contributed by atoms with Gasteiger partial charge in [-0.3, -0.25) is 0 Å². The lowest BCUT2D eigenvalue weighted by atomic mass is 10.1. The molecule has 0 rings (SSSR count). The zero-order valence-electron chi connectivity index (χ0n) is 9.14. The van der Waals surface area contributed by atoms with E-state index in [0.29, 0.717) is 6.61 Å². The van der Waals surface area contributed by atoms with Crippen molar-refractivity contribution in [2.24, 2.45) is 0 Å². The van der Waals surface area contributed by atoms with Gasteiger partial charge in [-0.1, -0.05) is 19.4 Å². The molecule has 0 saturated carbocycles. The Kier molecular flexibility index (Phi) is 8.81. The lowest BCUT2D eigenvalue weighted by molar-refractivity contribution is -0.139. The summed E-state index contributed by atoms with van der Waals surface area (Å²) in [7, 11) is 0. The summed E-state index contributed by atoms with van der Waals surface area (Å²) < 4.78 is 5.01. The number of allylic oxidation sites excluding steroid dienone is 1. The Balaban J connectivity index is 0. The fourth-order valence-electron chi connectivity index (χ4n) is 0.984. The maximum Gasteiger partial charge on any atom is 0.333 e. The Morgan fingerprint density at radius 1 is 1.23 bits per heavy atom. The topological polar surface area (TPSA) is 61.3 Å². The van der Waals surface area contributed by atoms with E-state index in [1.54, 1.807) is 0 Å². The highest BCUT2D eigenvalue weighted by Crippen LogP contribution is 2.09. The molecule has 78 valence electrons. The average Bonchev–Trinajstić information content (AvgIpc) is 2.01. The highest BCUT2D eigenvalue weighted by Gasteiger charge is 2.09. The van der Waals surface area contributed by atoms with Crippen LogP contribution < -0.4 is 6.15 Å². The third-order valence-electron chi connectivity index (χ3n) is 1.64. The van der Waals surface area contributed by atoms with E-state index in [0.717, 1.165) is 24.0 Å². The van der Waals surface area contributed by atoms with Crippen LogP contribution in [0, 0.1) is 0 Å². The van der Waals surface area contributed by atoms with Crippen LogP contribution in [0.4, 0.5) is 0 Å². The van der Waals surface area contributed by atoms with Crippen molar-refractivity contribution in [3.63, 3.8) is 0 Å². The molecule has 0 aromatic rings. The molecule has 0 fully saturated rings. The zero-order valence-corrected chi connectivity index (χ0v) is 9.14. The van der Waals surface area contributed by atoms with E-state index in [1.807, 2.05) is 27.7 Å². The first kappa shape index (κ1) is 14.7. The smallest absolute Gasteiger partial charge is 0.333 e. The van der Waals surface area contributed by atoms with Crippen LogP contribution in [0.1, 0.15) is 40.5 Å². The molecule has 0 aliphatic carbocycles. The molecule has 0 aromatic heterocycles. The fraction of sp³-hybridized carbons (Fsp3) is 0.700. The van der Waals surface area contributed by atoms with Crippen LogP contribution in [0.15, 0.2) is 11.1 Å². The normalized spacial score (nSPS) is 8.62. The van der Waals surface area contributed by atoms with Crippen molar-refractivity contribution in [1.82, 2.24) is 6.15 Å². The molecule has 0 heterocycles. The molecule has 3 N–H and O–H groups in total. The van der Waals surface area contributed by atoms with Crippen LogP contribution in [-0.2, 0) is 9.53 Å². The van der Waals surface area contributed by atoms with Gasteiger partial charge in [0.15, 0.2) is 0 Å². The van der Waals surface area contributed by atoms with Crippen LogP contribution >= 0.6 is 0 Å². The van der Waals surface area contributed by atoms with E-state index in [-0.39, 0.29) is 12.1 Å². The second-order valence-corrected chi connectivity index (χ2v) is 2.97. The summed E-state index contributed by atoms with van der Waals surface area (Å²) >= 11 is 0. The number of carbonyl (C=O) groups excluding carboxylic acids is 1. The summed E-state index contributed by atoms with van der Waals surface area (Å²) in [6.07, 6.45) is 1.64.